The van der Waals surface area contributed by atoms with Crippen LogP contribution in [0.3, 0.4) is 0 Å². The number of carboxylic acids is 1. The van der Waals surface area contributed by atoms with Crippen molar-refractivity contribution in [2.24, 2.45) is 11.8 Å². The Balaban J connectivity index is 1.39. The third kappa shape index (κ3) is 7.87. The minimum atomic E-state index is -1.07. The van der Waals surface area contributed by atoms with Crippen LogP contribution in [-0.4, -0.2) is 55.9 Å². The summed E-state index contributed by atoms with van der Waals surface area (Å²) in [6.07, 6.45) is 1.05. The molecule has 46 heavy (non-hydrogen) atoms. The van der Waals surface area contributed by atoms with Gasteiger partial charge in [0.15, 0.2) is 40.4 Å². The Morgan fingerprint density at radius 1 is 0.804 bits per heavy atom. The van der Waals surface area contributed by atoms with E-state index in [9.17, 15) is 19.2 Å². The summed E-state index contributed by atoms with van der Waals surface area (Å²) in [7, 11) is 2.93. The molecule has 0 fully saturated rings. The highest BCUT2D eigenvalue weighted by molar-refractivity contribution is 9.10. The number of unbranched alkanes of at least 4 members (excludes halogenated alkanes) is 1. The van der Waals surface area contributed by atoms with Crippen LogP contribution in [0, 0.1) is 17.7 Å². The Morgan fingerprint density at radius 2 is 1.28 bits per heavy atom. The largest absolute Gasteiger partial charge is 0.493 e. The van der Waals surface area contributed by atoms with Crippen molar-refractivity contribution in [3.8, 4) is 23.0 Å². The number of rotatable bonds is 17. The molecular weight excluding hydrogens is 703 g/mol. The fourth-order valence-electron chi connectivity index (χ4n) is 4.59. The summed E-state index contributed by atoms with van der Waals surface area (Å²) in [6, 6.07) is 6.64. The number of thiophene rings is 2. The first kappa shape index (κ1) is 35.3. The van der Waals surface area contributed by atoms with Gasteiger partial charge in [0, 0.05) is 51.1 Å². The summed E-state index contributed by atoms with van der Waals surface area (Å²) < 4.78 is 40.2. The number of ketones is 3. The first-order chi connectivity index (χ1) is 21.9. The van der Waals surface area contributed by atoms with Gasteiger partial charge in [0.25, 0.3) is 0 Å². The molecule has 0 bridgehead atoms. The van der Waals surface area contributed by atoms with Crippen LogP contribution in [0.5, 0.6) is 23.0 Å². The zero-order chi connectivity index (χ0) is 33.7. The molecule has 1 N–H and O–H groups in total. The minimum Gasteiger partial charge on any atom is -0.493 e. The van der Waals surface area contributed by atoms with Crippen molar-refractivity contribution in [3.63, 3.8) is 0 Å². The Kier molecular flexibility index (Phi) is 11.8. The maximum Gasteiger partial charge on any atom is 0.306 e. The lowest BCUT2D eigenvalue weighted by molar-refractivity contribution is -0.141. The van der Waals surface area contributed by atoms with Crippen molar-refractivity contribution >= 4 is 82.1 Å². The van der Waals surface area contributed by atoms with E-state index in [-0.39, 0.29) is 64.5 Å². The second-order valence-electron chi connectivity index (χ2n) is 10.9. The molecular formula is C33H34BrFO9S2. The standard InChI is InChI=1S/C33H34BrFO9S2/c1-16(18(3)36)10-21(37)27-12-19-25(45-27)14-23(41-4)31(29(19)34)43-8-6-7-9-44-32-24(42-5)15-26-20(30(32)35)13-28(46-26)22(38)11-17(2)33(39)40/h12-17H,6-11H2,1-5H3,(H,39,40)/t16-,17-/m0/s1. The number of carboxylic acid groups (broad SMARTS) is 1. The van der Waals surface area contributed by atoms with Crippen LogP contribution >= 0.6 is 38.6 Å². The number of hydrogen-bond donors (Lipinski definition) is 1. The van der Waals surface area contributed by atoms with Gasteiger partial charge in [-0.3, -0.25) is 19.2 Å². The number of hydrogen-bond acceptors (Lipinski definition) is 10. The van der Waals surface area contributed by atoms with Crippen molar-refractivity contribution in [3.05, 3.63) is 44.3 Å². The lowest BCUT2D eigenvalue weighted by Crippen LogP contribution is -2.13. The van der Waals surface area contributed by atoms with Crippen molar-refractivity contribution in [2.45, 2.75) is 46.5 Å². The third-order valence-electron chi connectivity index (χ3n) is 7.48. The first-order valence-electron chi connectivity index (χ1n) is 14.5. The highest BCUT2D eigenvalue weighted by Crippen LogP contribution is 2.45. The monoisotopic (exact) mass is 736 g/mol. The van der Waals surface area contributed by atoms with Crippen LogP contribution < -0.4 is 18.9 Å². The fraction of sp³-hybridized carbons (Fsp3) is 0.394. The van der Waals surface area contributed by atoms with E-state index >= 15 is 4.39 Å². The molecule has 9 nitrogen and oxygen atoms in total. The molecule has 2 atom stereocenters. The molecule has 0 aliphatic heterocycles. The summed E-state index contributed by atoms with van der Waals surface area (Å²) in [6.45, 7) is 5.14. The van der Waals surface area contributed by atoms with Crippen molar-refractivity contribution < 1.29 is 47.6 Å². The van der Waals surface area contributed by atoms with Gasteiger partial charge in [0.2, 0.25) is 0 Å². The summed E-state index contributed by atoms with van der Waals surface area (Å²) in [4.78, 5) is 48.9. The average molecular weight is 738 g/mol. The lowest BCUT2D eigenvalue weighted by Gasteiger charge is -2.14. The van der Waals surface area contributed by atoms with Gasteiger partial charge in [0.1, 0.15) is 5.78 Å². The van der Waals surface area contributed by atoms with Crippen molar-refractivity contribution in [1.82, 2.24) is 0 Å². The Morgan fingerprint density at radius 3 is 1.80 bits per heavy atom. The van der Waals surface area contributed by atoms with Crippen LogP contribution in [0.2, 0.25) is 0 Å². The molecule has 0 spiro atoms. The number of halogens is 2. The maximum absolute atomic E-state index is 15.5. The molecule has 4 rings (SSSR count). The number of aliphatic carboxylic acids is 1. The molecule has 13 heteroatoms. The van der Waals surface area contributed by atoms with Gasteiger partial charge in [-0.1, -0.05) is 13.8 Å². The summed E-state index contributed by atoms with van der Waals surface area (Å²) in [5.41, 5.74) is 0. The van der Waals surface area contributed by atoms with Gasteiger partial charge in [-0.2, -0.15) is 0 Å². The molecule has 0 unspecified atom stereocenters. The Labute approximate surface area is 281 Å². The maximum atomic E-state index is 15.5. The van der Waals surface area contributed by atoms with Crippen LogP contribution in [-0.2, 0) is 9.59 Å². The zero-order valence-electron chi connectivity index (χ0n) is 26.0. The Hall–Kier alpha value is -3.55. The van der Waals surface area contributed by atoms with Gasteiger partial charge in [-0.25, -0.2) is 4.39 Å². The predicted octanol–water partition coefficient (Wildman–Crippen LogP) is 8.36. The summed E-state index contributed by atoms with van der Waals surface area (Å²) in [5, 5.41) is 10.1. The number of Topliss-reactive ketones (excluding diaryl/α,β-unsaturated/α-hetero) is 3. The van der Waals surface area contributed by atoms with Gasteiger partial charge >= 0.3 is 5.97 Å². The van der Waals surface area contributed by atoms with Crippen LogP contribution in [0.4, 0.5) is 4.39 Å². The predicted molar refractivity (Wildman–Crippen MR) is 179 cm³/mol. The van der Waals surface area contributed by atoms with E-state index in [0.717, 1.165) is 21.4 Å². The van der Waals surface area contributed by atoms with E-state index < -0.39 is 17.7 Å². The van der Waals surface area contributed by atoms with Gasteiger partial charge in [0.05, 0.1) is 47.6 Å². The minimum absolute atomic E-state index is 0.0288. The van der Waals surface area contributed by atoms with E-state index in [1.54, 1.807) is 19.1 Å². The van der Waals surface area contributed by atoms with Crippen LogP contribution in [0.15, 0.2) is 28.7 Å². The van der Waals surface area contributed by atoms with Crippen molar-refractivity contribution in [2.75, 3.05) is 27.4 Å². The van der Waals surface area contributed by atoms with E-state index in [2.05, 4.69) is 15.9 Å². The highest BCUT2D eigenvalue weighted by Gasteiger charge is 2.24. The molecule has 246 valence electrons. The number of ether oxygens (including phenoxy) is 4. The molecule has 4 aromatic rings. The molecule has 0 aliphatic carbocycles. The molecule has 2 heterocycles. The molecule has 0 saturated heterocycles. The molecule has 2 aromatic heterocycles. The second kappa shape index (κ2) is 15.4. The van der Waals surface area contributed by atoms with Crippen LogP contribution in [0.25, 0.3) is 20.2 Å². The molecule has 0 saturated carbocycles. The van der Waals surface area contributed by atoms with Gasteiger partial charge in [-0.15, -0.1) is 22.7 Å². The number of benzene rings is 2. The summed E-state index contributed by atoms with van der Waals surface area (Å²) >= 11 is 6.02. The topological polar surface area (TPSA) is 125 Å². The average Bonchev–Trinajstić information content (AvgIpc) is 3.65. The smallest absolute Gasteiger partial charge is 0.306 e. The molecule has 2 aromatic carbocycles. The normalized spacial score (nSPS) is 12.6. The number of fused-ring (bicyclic) bond motifs is 2. The number of methoxy groups -OCH3 is 2. The zero-order valence-corrected chi connectivity index (χ0v) is 29.2. The van der Waals surface area contributed by atoms with E-state index in [1.807, 2.05) is 6.07 Å². The number of carbonyl (C=O) groups is 4. The quantitative estimate of drug-likeness (QED) is 0.0841. The van der Waals surface area contributed by atoms with E-state index in [4.69, 9.17) is 24.1 Å². The van der Waals surface area contributed by atoms with Crippen LogP contribution in [0.1, 0.15) is 65.8 Å². The van der Waals surface area contributed by atoms with E-state index in [0.29, 0.717) is 45.0 Å². The van der Waals surface area contributed by atoms with Crippen molar-refractivity contribution in [1.29, 1.82) is 0 Å². The Bertz CT molecular complexity index is 1670. The molecule has 0 aliphatic rings. The lowest BCUT2D eigenvalue weighted by atomic mass is 10.0. The summed E-state index contributed by atoms with van der Waals surface area (Å²) in [5.74, 6) is -2.31. The second-order valence-corrected chi connectivity index (χ2v) is 13.9. The fourth-order valence-corrected chi connectivity index (χ4v) is 7.44. The first-order valence-corrected chi connectivity index (χ1v) is 16.9. The van der Waals surface area contributed by atoms with Gasteiger partial charge in [-0.05, 0) is 47.8 Å². The molecule has 0 radical (unpaired) electrons. The van der Waals surface area contributed by atoms with E-state index in [1.165, 1.54) is 45.5 Å². The highest BCUT2D eigenvalue weighted by atomic mass is 79.9. The number of carbonyl (C=O) groups excluding carboxylic acids is 3. The molecule has 0 amide bonds. The third-order valence-corrected chi connectivity index (χ3v) is 10.5. The SMILES string of the molecule is COc1cc2sc(C(=O)C[C@H](C)C(=O)O)cc2c(F)c1OCCCCOc1c(OC)cc2sc(C(=O)C[C@H](C)C(C)=O)cc2c1Br. The van der Waals surface area contributed by atoms with Gasteiger partial charge < -0.3 is 24.1 Å².